The van der Waals surface area contributed by atoms with E-state index in [-0.39, 0.29) is 0 Å². The van der Waals surface area contributed by atoms with Gasteiger partial charge in [0.05, 0.1) is 10.5 Å². The molecule has 0 heterocycles. The Labute approximate surface area is 109 Å². The molecule has 0 atom stereocenters. The van der Waals surface area contributed by atoms with Crippen molar-refractivity contribution in [3.8, 4) is 0 Å². The van der Waals surface area contributed by atoms with Gasteiger partial charge in [0.15, 0.2) is 0 Å². The molecule has 1 aromatic carbocycles. The fourth-order valence-corrected chi connectivity index (χ4v) is 2.09. The fourth-order valence-electron chi connectivity index (χ4n) is 1.04. The second-order valence-corrected chi connectivity index (χ2v) is 6.29. The van der Waals surface area contributed by atoms with E-state index >= 15 is 0 Å². The molecule has 0 saturated heterocycles. The zero-order chi connectivity index (χ0) is 14.8. The summed E-state index contributed by atoms with van der Waals surface area (Å²) in [7, 11) is -4.33. The molecular formula is C10H13FN2O5S. The van der Waals surface area contributed by atoms with Crippen LogP contribution in [-0.2, 0) is 14.9 Å². The zero-order valence-corrected chi connectivity index (χ0v) is 11.3. The first-order valence-electron chi connectivity index (χ1n) is 5.17. The lowest BCUT2D eigenvalue weighted by Gasteiger charge is -2.19. The first-order valence-corrected chi connectivity index (χ1v) is 6.65. The van der Waals surface area contributed by atoms with Crippen molar-refractivity contribution in [1.82, 2.24) is 4.89 Å². The van der Waals surface area contributed by atoms with Gasteiger partial charge in [-0.1, -0.05) is 4.89 Å². The SMILES string of the molecule is CC(C)(C)ONS(=O)(=O)c1cc([N+](=O)[O-])ccc1F. The van der Waals surface area contributed by atoms with Gasteiger partial charge in [0, 0.05) is 12.1 Å². The first-order chi connectivity index (χ1) is 8.53. The van der Waals surface area contributed by atoms with Gasteiger partial charge in [-0.05, 0) is 26.8 Å². The number of nitro groups is 1. The van der Waals surface area contributed by atoms with E-state index < -0.39 is 36.9 Å². The Balaban J connectivity index is 3.14. The van der Waals surface area contributed by atoms with Crippen LogP contribution in [-0.4, -0.2) is 18.9 Å². The molecular weight excluding hydrogens is 279 g/mol. The van der Waals surface area contributed by atoms with E-state index in [0.29, 0.717) is 12.1 Å². The Morgan fingerprint density at radius 3 is 2.42 bits per heavy atom. The molecule has 0 unspecified atom stereocenters. The lowest BCUT2D eigenvalue weighted by molar-refractivity contribution is -0.385. The summed E-state index contributed by atoms with van der Waals surface area (Å²) in [5.41, 5.74) is -1.36. The summed E-state index contributed by atoms with van der Waals surface area (Å²) in [6, 6.07) is 2.21. The molecule has 0 aliphatic rings. The Morgan fingerprint density at radius 2 is 1.95 bits per heavy atom. The van der Waals surface area contributed by atoms with E-state index in [1.807, 2.05) is 0 Å². The summed E-state index contributed by atoms with van der Waals surface area (Å²) < 4.78 is 37.0. The highest BCUT2D eigenvalue weighted by molar-refractivity contribution is 7.89. The average Bonchev–Trinajstić information content (AvgIpc) is 2.25. The normalized spacial score (nSPS) is 12.4. The number of non-ortho nitro benzene ring substituents is 1. The predicted octanol–water partition coefficient (Wildman–Crippen LogP) is 1.74. The molecule has 0 bridgehead atoms. The standard InChI is InChI=1S/C10H13FN2O5S/c1-10(2,3)18-12-19(16,17)9-6-7(13(14)15)4-5-8(9)11/h4-6,12H,1-3H3. The van der Waals surface area contributed by atoms with Crippen molar-refractivity contribution in [3.63, 3.8) is 0 Å². The van der Waals surface area contributed by atoms with Crippen molar-refractivity contribution >= 4 is 15.7 Å². The number of sulfonamides is 1. The Hall–Kier alpha value is -1.58. The van der Waals surface area contributed by atoms with Gasteiger partial charge < -0.3 is 0 Å². The van der Waals surface area contributed by atoms with Crippen LogP contribution < -0.4 is 4.89 Å². The summed E-state index contributed by atoms with van der Waals surface area (Å²) in [6.45, 7) is 4.75. The lowest BCUT2D eigenvalue weighted by atomic mass is 10.2. The van der Waals surface area contributed by atoms with Crippen molar-refractivity contribution < 1.29 is 22.6 Å². The van der Waals surface area contributed by atoms with Crippen LogP contribution in [0.2, 0.25) is 0 Å². The molecule has 0 radical (unpaired) electrons. The van der Waals surface area contributed by atoms with Gasteiger partial charge in [-0.3, -0.25) is 15.0 Å². The maximum absolute atomic E-state index is 13.5. The summed E-state index contributed by atoms with van der Waals surface area (Å²) in [5, 5.41) is 10.5. The summed E-state index contributed by atoms with van der Waals surface area (Å²) in [5.74, 6) is -1.10. The molecule has 1 N–H and O–H groups in total. The van der Waals surface area contributed by atoms with Gasteiger partial charge in [-0.25, -0.2) is 12.8 Å². The molecule has 7 nitrogen and oxygen atoms in total. The van der Waals surface area contributed by atoms with Gasteiger partial charge in [0.25, 0.3) is 15.7 Å². The molecule has 0 aromatic heterocycles. The number of nitrogens with one attached hydrogen (secondary N) is 1. The van der Waals surface area contributed by atoms with Gasteiger partial charge in [0.1, 0.15) is 10.7 Å². The van der Waals surface area contributed by atoms with Crippen molar-refractivity contribution in [2.24, 2.45) is 0 Å². The summed E-state index contributed by atoms with van der Waals surface area (Å²) >= 11 is 0. The number of halogens is 1. The van der Waals surface area contributed by atoms with Crippen LogP contribution >= 0.6 is 0 Å². The van der Waals surface area contributed by atoms with Crippen LogP contribution in [0.1, 0.15) is 20.8 Å². The van der Waals surface area contributed by atoms with Gasteiger partial charge >= 0.3 is 0 Å². The molecule has 1 aromatic rings. The molecule has 0 amide bonds. The number of nitro benzene ring substituents is 1. The Morgan fingerprint density at radius 1 is 1.37 bits per heavy atom. The quantitative estimate of drug-likeness (QED) is 0.673. The number of hydrogen-bond donors (Lipinski definition) is 1. The van der Waals surface area contributed by atoms with E-state index in [2.05, 4.69) is 0 Å². The van der Waals surface area contributed by atoms with E-state index in [1.165, 1.54) is 0 Å². The van der Waals surface area contributed by atoms with Crippen molar-refractivity contribution in [1.29, 1.82) is 0 Å². The van der Waals surface area contributed by atoms with E-state index in [4.69, 9.17) is 4.84 Å². The second kappa shape index (κ2) is 5.19. The predicted molar refractivity (Wildman–Crippen MR) is 64.2 cm³/mol. The largest absolute Gasteiger partial charge is 0.281 e. The van der Waals surface area contributed by atoms with Crippen LogP contribution in [0.4, 0.5) is 10.1 Å². The Kier molecular flexibility index (Phi) is 4.23. The van der Waals surface area contributed by atoms with Crippen LogP contribution in [0.5, 0.6) is 0 Å². The maximum Gasteiger partial charge on any atom is 0.270 e. The minimum Gasteiger partial charge on any atom is -0.281 e. The fraction of sp³-hybridized carbons (Fsp3) is 0.400. The average molecular weight is 292 g/mol. The first kappa shape index (κ1) is 15.5. The molecule has 1 rings (SSSR count). The third-order valence-electron chi connectivity index (χ3n) is 1.87. The highest BCUT2D eigenvalue weighted by Crippen LogP contribution is 2.21. The highest BCUT2D eigenvalue weighted by Gasteiger charge is 2.25. The zero-order valence-electron chi connectivity index (χ0n) is 10.5. The van der Waals surface area contributed by atoms with Crippen LogP contribution in [0.25, 0.3) is 0 Å². The van der Waals surface area contributed by atoms with Crippen LogP contribution in [0.3, 0.4) is 0 Å². The number of hydrogen-bond acceptors (Lipinski definition) is 5. The van der Waals surface area contributed by atoms with Crippen molar-refractivity contribution in [2.75, 3.05) is 0 Å². The monoisotopic (exact) mass is 292 g/mol. The lowest BCUT2D eigenvalue weighted by Crippen LogP contribution is -2.34. The van der Waals surface area contributed by atoms with Crippen molar-refractivity contribution in [2.45, 2.75) is 31.3 Å². The highest BCUT2D eigenvalue weighted by atomic mass is 32.2. The van der Waals surface area contributed by atoms with Crippen molar-refractivity contribution in [3.05, 3.63) is 34.1 Å². The van der Waals surface area contributed by atoms with Gasteiger partial charge in [0.2, 0.25) is 0 Å². The van der Waals surface area contributed by atoms with E-state index in [1.54, 1.807) is 25.7 Å². The number of benzene rings is 1. The van der Waals surface area contributed by atoms with Gasteiger partial charge in [-0.15, -0.1) is 0 Å². The third kappa shape index (κ3) is 4.23. The molecule has 0 aliphatic carbocycles. The molecule has 0 spiro atoms. The molecule has 0 saturated carbocycles. The van der Waals surface area contributed by atoms with Gasteiger partial charge in [-0.2, -0.15) is 0 Å². The molecule has 19 heavy (non-hydrogen) atoms. The Bertz CT molecular complexity index is 594. The second-order valence-electron chi connectivity index (χ2n) is 4.67. The molecule has 9 heteroatoms. The third-order valence-corrected chi connectivity index (χ3v) is 3.07. The smallest absolute Gasteiger partial charge is 0.270 e. The van der Waals surface area contributed by atoms with E-state index in [0.717, 1.165) is 6.07 Å². The minimum atomic E-state index is -4.33. The minimum absolute atomic E-state index is 0.530. The molecule has 106 valence electrons. The maximum atomic E-state index is 13.5. The number of nitrogens with zero attached hydrogens (tertiary/aromatic N) is 1. The molecule has 0 fully saturated rings. The summed E-state index contributed by atoms with van der Waals surface area (Å²) in [6.07, 6.45) is 0. The topological polar surface area (TPSA) is 98.5 Å². The number of rotatable bonds is 4. The summed E-state index contributed by atoms with van der Waals surface area (Å²) in [4.78, 5) is 15.4. The molecule has 0 aliphatic heterocycles. The van der Waals surface area contributed by atoms with Crippen LogP contribution in [0.15, 0.2) is 23.1 Å². The van der Waals surface area contributed by atoms with E-state index in [9.17, 15) is 22.9 Å². The van der Waals surface area contributed by atoms with Crippen LogP contribution in [0, 0.1) is 15.9 Å².